The van der Waals surface area contributed by atoms with E-state index in [9.17, 15) is 9.18 Å². The number of nitrogens with zero attached hydrogens (tertiary/aromatic N) is 1. The number of halogens is 1. The van der Waals surface area contributed by atoms with Gasteiger partial charge >= 0.3 is 0 Å². The van der Waals surface area contributed by atoms with Crippen LogP contribution in [0, 0.1) is 5.82 Å². The number of hydrogen-bond acceptors (Lipinski definition) is 3. The van der Waals surface area contributed by atoms with E-state index in [1.807, 2.05) is 31.2 Å². The minimum Gasteiger partial charge on any atom is -0.496 e. The van der Waals surface area contributed by atoms with E-state index >= 15 is 0 Å². The summed E-state index contributed by atoms with van der Waals surface area (Å²) in [5.74, 6) is -0.0660. The Morgan fingerprint density at radius 1 is 1.04 bits per heavy atom. The van der Waals surface area contributed by atoms with Gasteiger partial charge in [0.2, 0.25) is 0 Å². The number of ether oxygens (including phenoxy) is 1. The second kappa shape index (κ2) is 7.78. The molecule has 0 saturated heterocycles. The van der Waals surface area contributed by atoms with Gasteiger partial charge in [-0.15, -0.1) is 0 Å². The molecule has 0 unspecified atom stereocenters. The van der Waals surface area contributed by atoms with Crippen LogP contribution < -0.4 is 10.1 Å². The highest BCUT2D eigenvalue weighted by Gasteiger charge is 2.16. The van der Waals surface area contributed by atoms with E-state index < -0.39 is 0 Å². The highest BCUT2D eigenvalue weighted by molar-refractivity contribution is 5.97. The van der Waals surface area contributed by atoms with Crippen molar-refractivity contribution in [2.45, 2.75) is 13.0 Å². The van der Waals surface area contributed by atoms with Gasteiger partial charge in [-0.25, -0.2) is 4.39 Å². The number of pyridine rings is 1. The van der Waals surface area contributed by atoms with E-state index in [1.54, 1.807) is 30.6 Å². The third-order valence-corrected chi connectivity index (χ3v) is 4.18. The Morgan fingerprint density at radius 3 is 2.38 bits per heavy atom. The number of aromatic nitrogens is 1. The van der Waals surface area contributed by atoms with Crippen LogP contribution in [0.4, 0.5) is 4.39 Å². The number of nitrogens with one attached hydrogen (secondary N) is 1. The highest BCUT2D eigenvalue weighted by Crippen LogP contribution is 2.27. The Bertz CT molecular complexity index is 896. The molecule has 0 radical (unpaired) electrons. The zero-order valence-corrected chi connectivity index (χ0v) is 14.6. The van der Waals surface area contributed by atoms with Crippen molar-refractivity contribution in [2.24, 2.45) is 0 Å². The van der Waals surface area contributed by atoms with Gasteiger partial charge < -0.3 is 10.1 Å². The second-order valence-electron chi connectivity index (χ2n) is 5.90. The Hall–Kier alpha value is -3.21. The molecule has 4 nitrogen and oxygen atoms in total. The minimum atomic E-state index is -0.305. The van der Waals surface area contributed by atoms with Crippen LogP contribution in [0.2, 0.25) is 0 Å². The molecule has 1 heterocycles. The molecular formula is C21H19FN2O2. The van der Waals surface area contributed by atoms with Gasteiger partial charge in [-0.2, -0.15) is 0 Å². The van der Waals surface area contributed by atoms with Gasteiger partial charge in [-0.05, 0) is 60.0 Å². The van der Waals surface area contributed by atoms with Crippen molar-refractivity contribution in [3.05, 3.63) is 83.9 Å². The average Bonchev–Trinajstić information content (AvgIpc) is 2.68. The smallest absolute Gasteiger partial charge is 0.255 e. The maximum Gasteiger partial charge on any atom is 0.255 e. The van der Waals surface area contributed by atoms with Crippen molar-refractivity contribution in [3.63, 3.8) is 0 Å². The average molecular weight is 350 g/mol. The molecule has 3 rings (SSSR count). The largest absolute Gasteiger partial charge is 0.496 e. The number of rotatable bonds is 5. The van der Waals surface area contributed by atoms with Crippen molar-refractivity contribution >= 4 is 5.91 Å². The van der Waals surface area contributed by atoms with Gasteiger partial charge in [0.1, 0.15) is 11.6 Å². The third-order valence-electron chi connectivity index (χ3n) is 4.18. The van der Waals surface area contributed by atoms with E-state index in [1.165, 1.54) is 19.2 Å². The zero-order chi connectivity index (χ0) is 18.5. The van der Waals surface area contributed by atoms with Crippen molar-refractivity contribution in [1.82, 2.24) is 10.3 Å². The Kier molecular flexibility index (Phi) is 5.27. The molecule has 1 amide bonds. The van der Waals surface area contributed by atoms with Crippen LogP contribution in [0.3, 0.4) is 0 Å². The molecule has 132 valence electrons. The SMILES string of the molecule is COc1cc(-c2ccncc2)ccc1C(=O)N[C@@H](C)c1ccc(F)cc1. The van der Waals surface area contributed by atoms with E-state index in [2.05, 4.69) is 10.3 Å². The van der Waals surface area contributed by atoms with Crippen molar-refractivity contribution < 1.29 is 13.9 Å². The molecule has 1 atom stereocenters. The molecule has 0 aliphatic carbocycles. The molecule has 0 saturated carbocycles. The highest BCUT2D eigenvalue weighted by atomic mass is 19.1. The van der Waals surface area contributed by atoms with Gasteiger partial charge in [0, 0.05) is 12.4 Å². The Balaban J connectivity index is 1.81. The number of benzene rings is 2. The fourth-order valence-corrected chi connectivity index (χ4v) is 2.71. The van der Waals surface area contributed by atoms with Gasteiger partial charge in [0.25, 0.3) is 5.91 Å². The van der Waals surface area contributed by atoms with E-state index in [-0.39, 0.29) is 17.8 Å². The first kappa shape index (κ1) is 17.6. The fourth-order valence-electron chi connectivity index (χ4n) is 2.71. The van der Waals surface area contributed by atoms with Crippen molar-refractivity contribution in [3.8, 4) is 16.9 Å². The van der Waals surface area contributed by atoms with Gasteiger partial charge in [-0.3, -0.25) is 9.78 Å². The molecule has 2 aromatic carbocycles. The van der Waals surface area contributed by atoms with E-state index in [0.717, 1.165) is 16.7 Å². The van der Waals surface area contributed by atoms with Crippen LogP contribution in [0.25, 0.3) is 11.1 Å². The predicted molar refractivity (Wildman–Crippen MR) is 98.5 cm³/mol. The van der Waals surface area contributed by atoms with Gasteiger partial charge in [0.05, 0.1) is 18.7 Å². The lowest BCUT2D eigenvalue weighted by Gasteiger charge is -2.16. The molecular weight excluding hydrogens is 331 g/mol. The van der Waals surface area contributed by atoms with Crippen molar-refractivity contribution in [2.75, 3.05) is 7.11 Å². The van der Waals surface area contributed by atoms with Crippen LogP contribution in [0.15, 0.2) is 67.0 Å². The van der Waals surface area contributed by atoms with Crippen molar-refractivity contribution in [1.29, 1.82) is 0 Å². The molecule has 1 aromatic heterocycles. The van der Waals surface area contributed by atoms with Crippen LogP contribution in [-0.4, -0.2) is 18.0 Å². The number of methoxy groups -OCH3 is 1. The number of carbonyl (C=O) groups is 1. The normalized spacial score (nSPS) is 11.7. The molecule has 0 aliphatic heterocycles. The second-order valence-corrected chi connectivity index (χ2v) is 5.90. The molecule has 0 bridgehead atoms. The fraction of sp³-hybridized carbons (Fsp3) is 0.143. The number of amides is 1. The van der Waals surface area contributed by atoms with E-state index in [4.69, 9.17) is 4.74 Å². The lowest BCUT2D eigenvalue weighted by molar-refractivity contribution is 0.0937. The molecule has 26 heavy (non-hydrogen) atoms. The lowest BCUT2D eigenvalue weighted by atomic mass is 10.0. The summed E-state index contributed by atoms with van der Waals surface area (Å²) in [6.07, 6.45) is 3.43. The summed E-state index contributed by atoms with van der Waals surface area (Å²) in [5, 5.41) is 2.91. The molecule has 0 spiro atoms. The monoisotopic (exact) mass is 350 g/mol. The van der Waals surface area contributed by atoms with Crippen LogP contribution in [0.1, 0.15) is 28.9 Å². The van der Waals surface area contributed by atoms with Crippen LogP contribution in [0.5, 0.6) is 5.75 Å². The topological polar surface area (TPSA) is 51.2 Å². The summed E-state index contributed by atoms with van der Waals surface area (Å²) in [6.45, 7) is 1.85. The first-order valence-corrected chi connectivity index (χ1v) is 8.23. The summed E-state index contributed by atoms with van der Waals surface area (Å²) in [6, 6.07) is 15.0. The first-order chi connectivity index (χ1) is 12.6. The Labute approximate surface area is 151 Å². The molecule has 0 fully saturated rings. The predicted octanol–water partition coefficient (Wildman–Crippen LogP) is 4.39. The summed E-state index contributed by atoms with van der Waals surface area (Å²) in [5.41, 5.74) is 3.20. The first-order valence-electron chi connectivity index (χ1n) is 8.23. The maximum atomic E-state index is 13.0. The molecule has 1 N–H and O–H groups in total. The minimum absolute atomic E-state index is 0.250. The van der Waals surface area contributed by atoms with E-state index in [0.29, 0.717) is 11.3 Å². The van der Waals surface area contributed by atoms with Crippen LogP contribution in [-0.2, 0) is 0 Å². The summed E-state index contributed by atoms with van der Waals surface area (Å²) < 4.78 is 18.5. The van der Waals surface area contributed by atoms with Gasteiger partial charge in [-0.1, -0.05) is 18.2 Å². The number of hydrogen-bond donors (Lipinski definition) is 1. The third kappa shape index (κ3) is 3.88. The molecule has 0 aliphatic rings. The standard InChI is InChI=1S/C21H19FN2O2/c1-14(15-3-6-18(22)7-4-15)24-21(25)19-8-5-17(13-20(19)26-2)16-9-11-23-12-10-16/h3-14H,1-2H3,(H,24,25)/t14-/m0/s1. The lowest BCUT2D eigenvalue weighted by Crippen LogP contribution is -2.27. The maximum absolute atomic E-state index is 13.0. The summed E-state index contributed by atoms with van der Waals surface area (Å²) in [4.78, 5) is 16.7. The Morgan fingerprint density at radius 2 is 1.73 bits per heavy atom. The summed E-state index contributed by atoms with van der Waals surface area (Å²) in [7, 11) is 1.53. The molecule has 3 aromatic rings. The van der Waals surface area contributed by atoms with Gasteiger partial charge in [0.15, 0.2) is 0 Å². The molecule has 5 heteroatoms. The number of carbonyl (C=O) groups excluding carboxylic acids is 1. The zero-order valence-electron chi connectivity index (χ0n) is 14.6. The summed E-state index contributed by atoms with van der Waals surface area (Å²) >= 11 is 0. The quantitative estimate of drug-likeness (QED) is 0.743. The van der Waals surface area contributed by atoms with Crippen LogP contribution >= 0.6 is 0 Å².